The third kappa shape index (κ3) is 7.50. The number of morpholine rings is 1. The molecule has 1 aliphatic heterocycles. The first-order valence-corrected chi connectivity index (χ1v) is 7.40. The van der Waals surface area contributed by atoms with Crippen molar-refractivity contribution >= 4 is 30.7 Å². The Morgan fingerprint density at radius 3 is 2.48 bits per heavy atom. The van der Waals surface area contributed by atoms with Crippen molar-refractivity contribution in [2.45, 2.75) is 32.5 Å². The number of nitrogens with one attached hydrogen (secondary N) is 1. The van der Waals surface area contributed by atoms with E-state index in [0.717, 1.165) is 38.4 Å². The zero-order valence-corrected chi connectivity index (χ0v) is 15.3. The fourth-order valence-corrected chi connectivity index (χ4v) is 2.27. The van der Waals surface area contributed by atoms with E-state index in [-0.39, 0.29) is 30.7 Å². The lowest BCUT2D eigenvalue weighted by molar-refractivity contribution is -0.125. The van der Waals surface area contributed by atoms with E-state index in [1.165, 1.54) is 5.56 Å². The normalized spacial score (nSPS) is 15.3. The Balaban J connectivity index is 0.00000242. The smallest absolute Gasteiger partial charge is 0.239 e. The summed E-state index contributed by atoms with van der Waals surface area (Å²) in [7, 11) is 0. The van der Waals surface area contributed by atoms with Crippen LogP contribution in [0.3, 0.4) is 0 Å². The Hall–Kier alpha value is -0.850. The Morgan fingerprint density at radius 1 is 1.26 bits per heavy atom. The van der Waals surface area contributed by atoms with Gasteiger partial charge in [-0.2, -0.15) is 0 Å². The molecule has 1 fully saturated rings. The second kappa shape index (κ2) is 10.1. The Labute approximate surface area is 150 Å². The highest BCUT2D eigenvalue weighted by Crippen LogP contribution is 2.10. The number of benzene rings is 1. The molecule has 1 amide bonds. The molecule has 1 heterocycles. The molecule has 2 rings (SSSR count). The molecule has 23 heavy (non-hydrogen) atoms. The van der Waals surface area contributed by atoms with Crippen LogP contribution < -0.4 is 11.1 Å². The molecule has 1 aliphatic rings. The standard InChI is InChI=1S/C16H25N3O2.2ClH/c1-16(2,17)15(20)18-11-13-4-3-5-14(10-13)12-19-6-8-21-9-7-19;;/h3-5,10H,6-9,11-12,17H2,1-2H3,(H,18,20);2*1H. The lowest BCUT2D eigenvalue weighted by Crippen LogP contribution is -2.48. The monoisotopic (exact) mass is 363 g/mol. The Morgan fingerprint density at radius 2 is 1.87 bits per heavy atom. The number of carbonyl (C=O) groups excluding carboxylic acids is 1. The largest absolute Gasteiger partial charge is 0.379 e. The molecule has 0 spiro atoms. The van der Waals surface area contributed by atoms with E-state index in [4.69, 9.17) is 10.5 Å². The topological polar surface area (TPSA) is 67.6 Å². The summed E-state index contributed by atoms with van der Waals surface area (Å²) in [4.78, 5) is 14.2. The average molecular weight is 364 g/mol. The van der Waals surface area contributed by atoms with Crippen LogP contribution in [0.15, 0.2) is 24.3 Å². The van der Waals surface area contributed by atoms with Gasteiger partial charge in [-0.15, -0.1) is 24.8 Å². The van der Waals surface area contributed by atoms with Crippen molar-refractivity contribution in [3.63, 3.8) is 0 Å². The third-order valence-electron chi connectivity index (χ3n) is 3.54. The van der Waals surface area contributed by atoms with Gasteiger partial charge in [0, 0.05) is 26.2 Å². The van der Waals surface area contributed by atoms with Crippen molar-refractivity contribution in [3.05, 3.63) is 35.4 Å². The number of hydrogen-bond acceptors (Lipinski definition) is 4. The minimum atomic E-state index is -0.842. The molecule has 3 N–H and O–H groups in total. The lowest BCUT2D eigenvalue weighted by atomic mass is 10.1. The summed E-state index contributed by atoms with van der Waals surface area (Å²) < 4.78 is 5.36. The van der Waals surface area contributed by atoms with Crippen LogP contribution in [-0.4, -0.2) is 42.6 Å². The molecule has 7 heteroatoms. The zero-order chi connectivity index (χ0) is 15.3. The number of ether oxygens (including phenoxy) is 1. The third-order valence-corrected chi connectivity index (χ3v) is 3.54. The lowest BCUT2D eigenvalue weighted by Gasteiger charge is -2.26. The highest BCUT2D eigenvalue weighted by atomic mass is 35.5. The number of hydrogen-bond donors (Lipinski definition) is 2. The number of rotatable bonds is 5. The fraction of sp³-hybridized carbons (Fsp3) is 0.562. The summed E-state index contributed by atoms with van der Waals surface area (Å²) >= 11 is 0. The summed E-state index contributed by atoms with van der Waals surface area (Å²) in [5, 5.41) is 2.87. The highest BCUT2D eigenvalue weighted by Gasteiger charge is 2.21. The molecule has 0 aliphatic carbocycles. The molecule has 0 atom stereocenters. The summed E-state index contributed by atoms with van der Waals surface area (Å²) in [6.45, 7) is 8.41. The van der Waals surface area contributed by atoms with Crippen molar-refractivity contribution in [2.75, 3.05) is 26.3 Å². The van der Waals surface area contributed by atoms with Crippen LogP contribution in [0.5, 0.6) is 0 Å². The van der Waals surface area contributed by atoms with E-state index in [0.29, 0.717) is 6.54 Å². The molecule has 0 unspecified atom stereocenters. The molecule has 1 saturated heterocycles. The minimum absolute atomic E-state index is 0. The molecular weight excluding hydrogens is 337 g/mol. The first-order valence-electron chi connectivity index (χ1n) is 7.40. The number of nitrogens with two attached hydrogens (primary N) is 1. The van der Waals surface area contributed by atoms with Gasteiger partial charge < -0.3 is 15.8 Å². The van der Waals surface area contributed by atoms with Gasteiger partial charge in [0.1, 0.15) is 0 Å². The van der Waals surface area contributed by atoms with Gasteiger partial charge in [0.05, 0.1) is 18.8 Å². The van der Waals surface area contributed by atoms with Crippen LogP contribution in [0.4, 0.5) is 0 Å². The predicted octanol–water partition coefficient (Wildman–Crippen LogP) is 1.72. The quantitative estimate of drug-likeness (QED) is 0.835. The molecule has 1 aromatic carbocycles. The van der Waals surface area contributed by atoms with Crippen molar-refractivity contribution in [2.24, 2.45) is 5.73 Å². The van der Waals surface area contributed by atoms with Crippen molar-refractivity contribution in [3.8, 4) is 0 Å². The highest BCUT2D eigenvalue weighted by molar-refractivity contribution is 5.85. The van der Waals surface area contributed by atoms with Gasteiger partial charge in [0.2, 0.25) is 5.91 Å². The summed E-state index contributed by atoms with van der Waals surface area (Å²) in [6.07, 6.45) is 0. The Bertz CT molecular complexity index is 486. The Kier molecular flexibility index (Phi) is 9.73. The minimum Gasteiger partial charge on any atom is -0.379 e. The summed E-state index contributed by atoms with van der Waals surface area (Å²) in [5.41, 5.74) is 7.28. The van der Waals surface area contributed by atoms with E-state index in [1.807, 2.05) is 12.1 Å². The molecular formula is C16H27Cl2N3O2. The maximum atomic E-state index is 11.8. The number of nitrogens with zero attached hydrogens (tertiary/aromatic N) is 1. The van der Waals surface area contributed by atoms with Crippen molar-refractivity contribution in [1.82, 2.24) is 10.2 Å². The van der Waals surface area contributed by atoms with Gasteiger partial charge in [0.15, 0.2) is 0 Å². The van der Waals surface area contributed by atoms with Gasteiger partial charge in [-0.3, -0.25) is 9.69 Å². The average Bonchev–Trinajstić information content (AvgIpc) is 2.45. The first-order chi connectivity index (χ1) is 9.95. The van der Waals surface area contributed by atoms with Crippen LogP contribution in [0, 0.1) is 0 Å². The SMILES string of the molecule is CC(C)(N)C(=O)NCc1cccc(CN2CCOCC2)c1.Cl.Cl. The summed E-state index contributed by atoms with van der Waals surface area (Å²) in [5.74, 6) is -0.138. The predicted molar refractivity (Wildman–Crippen MR) is 97.1 cm³/mol. The zero-order valence-electron chi connectivity index (χ0n) is 13.7. The van der Waals surface area contributed by atoms with Crippen LogP contribution in [0.1, 0.15) is 25.0 Å². The van der Waals surface area contributed by atoms with Gasteiger partial charge in [-0.25, -0.2) is 0 Å². The fourth-order valence-electron chi connectivity index (χ4n) is 2.27. The number of amides is 1. The van der Waals surface area contributed by atoms with Gasteiger partial charge in [-0.1, -0.05) is 24.3 Å². The van der Waals surface area contributed by atoms with Crippen LogP contribution in [0.2, 0.25) is 0 Å². The van der Waals surface area contributed by atoms with E-state index in [2.05, 4.69) is 22.3 Å². The van der Waals surface area contributed by atoms with Crippen LogP contribution in [-0.2, 0) is 22.6 Å². The maximum Gasteiger partial charge on any atom is 0.239 e. The van der Waals surface area contributed by atoms with E-state index in [9.17, 15) is 4.79 Å². The van der Waals surface area contributed by atoms with Crippen molar-refractivity contribution in [1.29, 1.82) is 0 Å². The second-order valence-electron chi connectivity index (χ2n) is 6.11. The number of halogens is 2. The van der Waals surface area contributed by atoms with Gasteiger partial charge in [-0.05, 0) is 25.0 Å². The van der Waals surface area contributed by atoms with Crippen molar-refractivity contribution < 1.29 is 9.53 Å². The first kappa shape index (κ1) is 22.1. The van der Waals surface area contributed by atoms with Gasteiger partial charge in [0.25, 0.3) is 0 Å². The number of carbonyl (C=O) groups is 1. The molecule has 1 aromatic rings. The molecule has 132 valence electrons. The molecule has 5 nitrogen and oxygen atoms in total. The van der Waals surface area contributed by atoms with E-state index in [1.54, 1.807) is 13.8 Å². The van der Waals surface area contributed by atoms with Crippen LogP contribution >= 0.6 is 24.8 Å². The van der Waals surface area contributed by atoms with E-state index >= 15 is 0 Å². The molecule has 0 aromatic heterocycles. The molecule has 0 saturated carbocycles. The summed E-state index contributed by atoms with van der Waals surface area (Å²) in [6, 6.07) is 8.31. The second-order valence-corrected chi connectivity index (χ2v) is 6.11. The maximum absolute atomic E-state index is 11.8. The molecule has 0 radical (unpaired) electrons. The van der Waals surface area contributed by atoms with Crippen LogP contribution in [0.25, 0.3) is 0 Å². The van der Waals surface area contributed by atoms with Gasteiger partial charge >= 0.3 is 0 Å². The van der Waals surface area contributed by atoms with E-state index < -0.39 is 5.54 Å². The molecule has 0 bridgehead atoms.